The summed E-state index contributed by atoms with van der Waals surface area (Å²) in [6.07, 6.45) is 0. The molecule has 0 N–H and O–H groups in total. The summed E-state index contributed by atoms with van der Waals surface area (Å²) in [7, 11) is 3.14. The molecule has 0 atom stereocenters. The molecule has 2 rings (SSSR count). The number of rotatable bonds is 4. The lowest BCUT2D eigenvalue weighted by molar-refractivity contribution is 0.411. The molecule has 0 aromatic heterocycles. The van der Waals surface area contributed by atoms with Crippen molar-refractivity contribution in [3.63, 3.8) is 0 Å². The predicted octanol–water partition coefficient (Wildman–Crippen LogP) is 4.80. The van der Waals surface area contributed by atoms with Crippen LogP contribution >= 0.6 is 23.2 Å². The van der Waals surface area contributed by atoms with E-state index in [0.717, 1.165) is 0 Å². The van der Waals surface area contributed by atoms with E-state index in [-0.39, 0.29) is 0 Å². The predicted molar refractivity (Wildman–Crippen MR) is 76.1 cm³/mol. The fourth-order valence-corrected chi connectivity index (χ4v) is 1.99. The summed E-state index contributed by atoms with van der Waals surface area (Å²) in [6, 6.07) is 10.3. The number of hydrogen-bond acceptors (Lipinski definition) is 3. The summed E-state index contributed by atoms with van der Waals surface area (Å²) in [5, 5.41) is 0.941. The van der Waals surface area contributed by atoms with Crippen molar-refractivity contribution in [1.82, 2.24) is 0 Å². The maximum absolute atomic E-state index is 6.09. The first kappa shape index (κ1) is 13.8. The Morgan fingerprint density at radius 1 is 0.737 bits per heavy atom. The zero-order valence-corrected chi connectivity index (χ0v) is 12.0. The van der Waals surface area contributed by atoms with Crippen molar-refractivity contribution in [3.8, 4) is 23.0 Å². The highest BCUT2D eigenvalue weighted by Gasteiger charge is 2.07. The van der Waals surface area contributed by atoms with E-state index in [1.54, 1.807) is 50.6 Å². The first-order valence-corrected chi connectivity index (χ1v) is 6.24. The van der Waals surface area contributed by atoms with Crippen LogP contribution in [0.15, 0.2) is 36.4 Å². The summed E-state index contributed by atoms with van der Waals surface area (Å²) in [5.74, 6) is 2.38. The molecule has 0 heterocycles. The summed E-state index contributed by atoms with van der Waals surface area (Å²) >= 11 is 12.1. The molecule has 0 aliphatic carbocycles. The quantitative estimate of drug-likeness (QED) is 0.811. The average molecular weight is 299 g/mol. The normalized spacial score (nSPS) is 10.1. The summed E-state index contributed by atoms with van der Waals surface area (Å²) in [5.41, 5.74) is 0. The Balaban J connectivity index is 2.23. The lowest BCUT2D eigenvalue weighted by Gasteiger charge is -2.10. The second kappa shape index (κ2) is 6.04. The van der Waals surface area contributed by atoms with Gasteiger partial charge in [0.05, 0.1) is 24.3 Å². The molecule has 0 radical (unpaired) electrons. The zero-order chi connectivity index (χ0) is 13.8. The SMILES string of the molecule is COc1ccc(Oc2ccc(OC)c(Cl)c2)c(Cl)c1. The molecule has 2 aromatic rings. The minimum atomic E-state index is 0.464. The van der Waals surface area contributed by atoms with Gasteiger partial charge in [0.2, 0.25) is 0 Å². The van der Waals surface area contributed by atoms with Gasteiger partial charge in [-0.1, -0.05) is 23.2 Å². The van der Waals surface area contributed by atoms with E-state index in [2.05, 4.69) is 0 Å². The standard InChI is InChI=1S/C14H12Cl2O3/c1-17-9-3-6-14(12(16)7-9)19-10-4-5-13(18-2)11(15)8-10/h3-8H,1-2H3. The molecular formula is C14H12Cl2O3. The van der Waals surface area contributed by atoms with Gasteiger partial charge in [-0.05, 0) is 24.3 Å². The van der Waals surface area contributed by atoms with Gasteiger partial charge in [-0.25, -0.2) is 0 Å². The summed E-state index contributed by atoms with van der Waals surface area (Å²) in [4.78, 5) is 0. The lowest BCUT2D eigenvalue weighted by Crippen LogP contribution is -1.89. The molecule has 0 amide bonds. The van der Waals surface area contributed by atoms with Crippen molar-refractivity contribution < 1.29 is 14.2 Å². The molecule has 0 saturated heterocycles. The van der Waals surface area contributed by atoms with Crippen LogP contribution in [-0.4, -0.2) is 14.2 Å². The van der Waals surface area contributed by atoms with E-state index in [1.165, 1.54) is 0 Å². The monoisotopic (exact) mass is 298 g/mol. The number of benzene rings is 2. The molecule has 0 bridgehead atoms. The molecule has 5 heteroatoms. The number of methoxy groups -OCH3 is 2. The van der Waals surface area contributed by atoms with Crippen LogP contribution in [0.1, 0.15) is 0 Å². The van der Waals surface area contributed by atoms with Gasteiger partial charge >= 0.3 is 0 Å². The Bertz CT molecular complexity index is 585. The lowest BCUT2D eigenvalue weighted by atomic mass is 10.3. The Morgan fingerprint density at radius 3 is 1.89 bits per heavy atom. The molecule has 0 fully saturated rings. The van der Waals surface area contributed by atoms with Crippen LogP contribution in [0.3, 0.4) is 0 Å². The Morgan fingerprint density at radius 2 is 1.32 bits per heavy atom. The van der Waals surface area contributed by atoms with E-state index >= 15 is 0 Å². The minimum absolute atomic E-state index is 0.464. The van der Waals surface area contributed by atoms with E-state index in [1.807, 2.05) is 0 Å². The van der Waals surface area contributed by atoms with Crippen LogP contribution < -0.4 is 14.2 Å². The summed E-state index contributed by atoms with van der Waals surface area (Å²) < 4.78 is 15.8. The second-order valence-corrected chi connectivity index (χ2v) is 4.51. The second-order valence-electron chi connectivity index (χ2n) is 3.69. The van der Waals surface area contributed by atoms with Gasteiger partial charge in [0.25, 0.3) is 0 Å². The minimum Gasteiger partial charge on any atom is -0.497 e. The van der Waals surface area contributed by atoms with Gasteiger partial charge in [-0.2, -0.15) is 0 Å². The van der Waals surface area contributed by atoms with Gasteiger partial charge < -0.3 is 14.2 Å². The molecular weight excluding hydrogens is 287 g/mol. The van der Waals surface area contributed by atoms with Gasteiger partial charge in [0, 0.05) is 12.1 Å². The first-order valence-electron chi connectivity index (χ1n) is 5.49. The number of halogens is 2. The van der Waals surface area contributed by atoms with Crippen LogP contribution in [0.2, 0.25) is 10.0 Å². The number of ether oxygens (including phenoxy) is 3. The van der Waals surface area contributed by atoms with Crippen molar-refractivity contribution >= 4 is 23.2 Å². The van der Waals surface area contributed by atoms with Gasteiger partial charge in [-0.3, -0.25) is 0 Å². The molecule has 0 unspecified atom stereocenters. The van der Waals surface area contributed by atoms with Crippen LogP contribution in [0.4, 0.5) is 0 Å². The first-order chi connectivity index (χ1) is 9.13. The smallest absolute Gasteiger partial charge is 0.146 e. The van der Waals surface area contributed by atoms with Crippen molar-refractivity contribution in [3.05, 3.63) is 46.4 Å². The Labute approximate surface area is 121 Å². The van der Waals surface area contributed by atoms with Gasteiger partial charge in [-0.15, -0.1) is 0 Å². The molecule has 19 heavy (non-hydrogen) atoms. The van der Waals surface area contributed by atoms with E-state index in [9.17, 15) is 0 Å². The van der Waals surface area contributed by atoms with Crippen molar-refractivity contribution in [2.45, 2.75) is 0 Å². The maximum atomic E-state index is 6.09. The highest BCUT2D eigenvalue weighted by Crippen LogP contribution is 2.35. The molecule has 2 aromatic carbocycles. The third-order valence-electron chi connectivity index (χ3n) is 2.49. The fourth-order valence-electron chi connectivity index (χ4n) is 1.53. The molecule has 0 aliphatic rings. The Hall–Kier alpha value is -1.58. The largest absolute Gasteiger partial charge is 0.497 e. The van der Waals surface area contributed by atoms with Crippen LogP contribution in [0.25, 0.3) is 0 Å². The van der Waals surface area contributed by atoms with Crippen LogP contribution in [0, 0.1) is 0 Å². The zero-order valence-electron chi connectivity index (χ0n) is 10.4. The van der Waals surface area contributed by atoms with E-state index in [4.69, 9.17) is 37.4 Å². The third kappa shape index (κ3) is 3.25. The topological polar surface area (TPSA) is 27.7 Å². The Kier molecular flexibility index (Phi) is 4.40. The van der Waals surface area contributed by atoms with E-state index in [0.29, 0.717) is 33.0 Å². The molecule has 3 nitrogen and oxygen atoms in total. The fraction of sp³-hybridized carbons (Fsp3) is 0.143. The van der Waals surface area contributed by atoms with Gasteiger partial charge in [0.15, 0.2) is 0 Å². The maximum Gasteiger partial charge on any atom is 0.146 e. The highest BCUT2D eigenvalue weighted by atomic mass is 35.5. The van der Waals surface area contributed by atoms with E-state index < -0.39 is 0 Å². The molecule has 0 spiro atoms. The molecule has 0 saturated carbocycles. The average Bonchev–Trinajstić information content (AvgIpc) is 2.41. The third-order valence-corrected chi connectivity index (χ3v) is 3.08. The van der Waals surface area contributed by atoms with Crippen molar-refractivity contribution in [2.75, 3.05) is 14.2 Å². The molecule has 100 valence electrons. The van der Waals surface area contributed by atoms with Crippen molar-refractivity contribution in [1.29, 1.82) is 0 Å². The molecule has 0 aliphatic heterocycles. The van der Waals surface area contributed by atoms with Crippen LogP contribution in [0.5, 0.6) is 23.0 Å². The van der Waals surface area contributed by atoms with Crippen LogP contribution in [-0.2, 0) is 0 Å². The van der Waals surface area contributed by atoms with Crippen molar-refractivity contribution in [2.24, 2.45) is 0 Å². The van der Waals surface area contributed by atoms with Gasteiger partial charge in [0.1, 0.15) is 23.0 Å². The summed E-state index contributed by atoms with van der Waals surface area (Å²) in [6.45, 7) is 0. The number of hydrogen-bond donors (Lipinski definition) is 0. The highest BCUT2D eigenvalue weighted by molar-refractivity contribution is 6.32.